The lowest BCUT2D eigenvalue weighted by Crippen LogP contribution is -2.30. The average molecular weight is 435 g/mol. The molecule has 0 saturated carbocycles. The van der Waals surface area contributed by atoms with Crippen molar-refractivity contribution < 1.29 is 9.47 Å². The van der Waals surface area contributed by atoms with Crippen LogP contribution in [0, 0.1) is 13.8 Å². The number of pyridine rings is 1. The minimum absolute atomic E-state index is 0.00551. The molecule has 1 N–H and O–H groups in total. The smallest absolute Gasteiger partial charge is 0.231 e. The molecule has 0 radical (unpaired) electrons. The SMILES string of the molecule is CCCN1C(=S)NC(c2ccccn2)C1c1cc(C)n(-c2ccc3c(c2)OCO3)c1C. The number of rotatable bonds is 5. The van der Waals surface area contributed by atoms with Crippen molar-refractivity contribution in [2.45, 2.75) is 39.3 Å². The first-order chi connectivity index (χ1) is 15.1. The van der Waals surface area contributed by atoms with E-state index in [0.29, 0.717) is 0 Å². The van der Waals surface area contributed by atoms with Gasteiger partial charge in [-0.1, -0.05) is 13.0 Å². The molecule has 1 saturated heterocycles. The number of nitrogens with one attached hydrogen (secondary N) is 1. The van der Waals surface area contributed by atoms with Crippen molar-refractivity contribution in [3.05, 3.63) is 71.3 Å². The molecule has 1 aromatic carbocycles. The Bertz CT molecular complexity index is 1130. The molecular formula is C24H26N4O2S. The third-order valence-corrected chi connectivity index (χ3v) is 6.42. The van der Waals surface area contributed by atoms with E-state index in [1.807, 2.05) is 30.5 Å². The van der Waals surface area contributed by atoms with Crippen molar-refractivity contribution in [1.29, 1.82) is 0 Å². The van der Waals surface area contributed by atoms with Crippen LogP contribution < -0.4 is 14.8 Å². The molecule has 2 aromatic heterocycles. The normalized spacial score (nSPS) is 19.7. The molecule has 2 aliphatic heterocycles. The summed E-state index contributed by atoms with van der Waals surface area (Å²) >= 11 is 5.74. The van der Waals surface area contributed by atoms with E-state index in [4.69, 9.17) is 21.7 Å². The van der Waals surface area contributed by atoms with Crippen LogP contribution in [0.3, 0.4) is 0 Å². The molecule has 0 aliphatic carbocycles. The minimum Gasteiger partial charge on any atom is -0.454 e. The largest absolute Gasteiger partial charge is 0.454 e. The maximum Gasteiger partial charge on any atom is 0.231 e. The van der Waals surface area contributed by atoms with Crippen LogP contribution in [0.25, 0.3) is 5.69 Å². The van der Waals surface area contributed by atoms with E-state index in [2.05, 4.69) is 58.7 Å². The molecule has 2 aliphatic rings. The summed E-state index contributed by atoms with van der Waals surface area (Å²) in [6.07, 6.45) is 2.86. The fraction of sp³-hybridized carbons (Fsp3) is 0.333. The molecule has 0 spiro atoms. The topological polar surface area (TPSA) is 51.6 Å². The predicted molar refractivity (Wildman–Crippen MR) is 124 cm³/mol. The van der Waals surface area contributed by atoms with Gasteiger partial charge in [-0.15, -0.1) is 0 Å². The summed E-state index contributed by atoms with van der Waals surface area (Å²) < 4.78 is 13.4. The monoisotopic (exact) mass is 434 g/mol. The molecule has 5 rings (SSSR count). The average Bonchev–Trinajstić information content (AvgIpc) is 3.45. The van der Waals surface area contributed by atoms with Gasteiger partial charge in [0.1, 0.15) is 0 Å². The molecule has 6 nitrogen and oxygen atoms in total. The Morgan fingerprint density at radius 2 is 1.97 bits per heavy atom. The Morgan fingerprint density at radius 3 is 2.74 bits per heavy atom. The van der Waals surface area contributed by atoms with Gasteiger partial charge in [0.2, 0.25) is 6.79 Å². The molecule has 4 heterocycles. The number of benzene rings is 1. The Balaban J connectivity index is 1.60. The summed E-state index contributed by atoms with van der Waals surface area (Å²) in [5, 5.41) is 4.32. The fourth-order valence-electron chi connectivity index (χ4n) is 4.73. The third-order valence-electron chi connectivity index (χ3n) is 6.07. The summed E-state index contributed by atoms with van der Waals surface area (Å²) in [4.78, 5) is 6.94. The molecule has 1 fully saturated rings. The zero-order valence-corrected chi connectivity index (χ0v) is 18.8. The number of hydrogen-bond donors (Lipinski definition) is 1. The van der Waals surface area contributed by atoms with E-state index in [-0.39, 0.29) is 18.9 Å². The number of aromatic nitrogens is 2. The van der Waals surface area contributed by atoms with Gasteiger partial charge in [-0.3, -0.25) is 4.98 Å². The van der Waals surface area contributed by atoms with Gasteiger partial charge in [-0.25, -0.2) is 0 Å². The summed E-state index contributed by atoms with van der Waals surface area (Å²) in [6.45, 7) is 7.67. The molecule has 2 atom stereocenters. The highest BCUT2D eigenvalue weighted by atomic mass is 32.1. The number of ether oxygens (including phenoxy) is 2. The van der Waals surface area contributed by atoms with Gasteiger partial charge in [0, 0.05) is 35.9 Å². The van der Waals surface area contributed by atoms with E-state index in [9.17, 15) is 0 Å². The van der Waals surface area contributed by atoms with Crippen molar-refractivity contribution in [3.63, 3.8) is 0 Å². The van der Waals surface area contributed by atoms with Crippen LogP contribution in [0.1, 0.15) is 48.1 Å². The third kappa shape index (κ3) is 3.33. The Labute approximate surface area is 187 Å². The van der Waals surface area contributed by atoms with E-state index >= 15 is 0 Å². The number of hydrogen-bond acceptors (Lipinski definition) is 4. The zero-order chi connectivity index (χ0) is 21.5. The summed E-state index contributed by atoms with van der Waals surface area (Å²) in [5.74, 6) is 1.58. The van der Waals surface area contributed by atoms with Crippen LogP contribution in [0.4, 0.5) is 0 Å². The van der Waals surface area contributed by atoms with E-state index in [1.165, 1.54) is 17.0 Å². The Kier molecular flexibility index (Phi) is 5.06. The number of thiocarbonyl (C=S) groups is 1. The van der Waals surface area contributed by atoms with E-state index < -0.39 is 0 Å². The number of nitrogens with zero attached hydrogens (tertiary/aromatic N) is 3. The fourth-order valence-corrected chi connectivity index (χ4v) is 5.07. The van der Waals surface area contributed by atoms with Gasteiger partial charge in [-0.05, 0) is 68.4 Å². The summed E-state index contributed by atoms with van der Waals surface area (Å²) in [6, 6.07) is 14.5. The van der Waals surface area contributed by atoms with Crippen LogP contribution in [-0.4, -0.2) is 32.9 Å². The van der Waals surface area contributed by atoms with Crippen molar-refractivity contribution in [3.8, 4) is 17.2 Å². The second-order valence-corrected chi connectivity index (χ2v) is 8.41. The van der Waals surface area contributed by atoms with Crippen molar-refractivity contribution in [2.75, 3.05) is 13.3 Å². The predicted octanol–water partition coefficient (Wildman–Crippen LogP) is 4.60. The lowest BCUT2D eigenvalue weighted by atomic mass is 9.96. The van der Waals surface area contributed by atoms with Crippen LogP contribution in [0.2, 0.25) is 0 Å². The quantitative estimate of drug-likeness (QED) is 0.593. The van der Waals surface area contributed by atoms with Gasteiger partial charge < -0.3 is 24.3 Å². The molecule has 2 unspecified atom stereocenters. The van der Waals surface area contributed by atoms with E-state index in [0.717, 1.165) is 41.0 Å². The highest BCUT2D eigenvalue weighted by Gasteiger charge is 2.41. The molecule has 31 heavy (non-hydrogen) atoms. The molecular weight excluding hydrogens is 408 g/mol. The van der Waals surface area contributed by atoms with E-state index in [1.54, 1.807) is 0 Å². The van der Waals surface area contributed by atoms with Crippen LogP contribution >= 0.6 is 12.2 Å². The number of aryl methyl sites for hydroxylation is 1. The van der Waals surface area contributed by atoms with Crippen LogP contribution in [0.15, 0.2) is 48.7 Å². The Hall–Kier alpha value is -3.06. The first-order valence-electron chi connectivity index (χ1n) is 10.7. The van der Waals surface area contributed by atoms with Gasteiger partial charge in [0.15, 0.2) is 16.6 Å². The molecule has 160 valence electrons. The lowest BCUT2D eigenvalue weighted by Gasteiger charge is -2.27. The summed E-state index contributed by atoms with van der Waals surface area (Å²) in [5.41, 5.74) is 5.68. The molecule has 7 heteroatoms. The maximum atomic E-state index is 5.74. The highest BCUT2D eigenvalue weighted by molar-refractivity contribution is 7.80. The van der Waals surface area contributed by atoms with Crippen molar-refractivity contribution >= 4 is 17.3 Å². The first kappa shape index (κ1) is 19.9. The highest BCUT2D eigenvalue weighted by Crippen LogP contribution is 2.42. The second-order valence-electron chi connectivity index (χ2n) is 8.02. The van der Waals surface area contributed by atoms with Gasteiger partial charge in [-0.2, -0.15) is 0 Å². The van der Waals surface area contributed by atoms with Crippen LogP contribution in [0.5, 0.6) is 11.5 Å². The Morgan fingerprint density at radius 1 is 1.13 bits per heavy atom. The number of fused-ring (bicyclic) bond motifs is 1. The van der Waals surface area contributed by atoms with Crippen LogP contribution in [-0.2, 0) is 0 Å². The minimum atomic E-state index is 0.00551. The van der Waals surface area contributed by atoms with Gasteiger partial charge in [0.05, 0.1) is 17.8 Å². The second kappa shape index (κ2) is 7.89. The lowest BCUT2D eigenvalue weighted by molar-refractivity contribution is 0.174. The van der Waals surface area contributed by atoms with Gasteiger partial charge in [0.25, 0.3) is 0 Å². The first-order valence-corrected chi connectivity index (χ1v) is 11.1. The maximum absolute atomic E-state index is 5.74. The zero-order valence-electron chi connectivity index (χ0n) is 18.0. The van der Waals surface area contributed by atoms with Crippen molar-refractivity contribution in [2.24, 2.45) is 0 Å². The molecule has 3 aromatic rings. The summed E-state index contributed by atoms with van der Waals surface area (Å²) in [7, 11) is 0. The van der Waals surface area contributed by atoms with Crippen molar-refractivity contribution in [1.82, 2.24) is 19.8 Å². The molecule has 0 amide bonds. The van der Waals surface area contributed by atoms with Gasteiger partial charge >= 0.3 is 0 Å². The standard InChI is InChI=1S/C24H26N4O2S/c1-4-11-27-23(22(26-24(27)31)19-7-5-6-10-25-19)18-12-15(2)28(16(18)3)17-8-9-20-21(13-17)30-14-29-20/h5-10,12-13,22-23H,4,11,14H2,1-3H3,(H,26,31). The molecule has 0 bridgehead atoms.